The van der Waals surface area contributed by atoms with Crippen LogP contribution < -0.4 is 5.32 Å². The zero-order valence-corrected chi connectivity index (χ0v) is 13.1. The molecule has 1 heterocycles. The molecule has 0 atom stereocenters. The van der Waals surface area contributed by atoms with Crippen molar-refractivity contribution in [3.8, 4) is 5.69 Å². The first-order chi connectivity index (χ1) is 12.1. The van der Waals surface area contributed by atoms with Crippen LogP contribution in [0.5, 0.6) is 0 Å². The number of tetrazole rings is 1. The molecule has 0 unspecified atom stereocenters. The normalized spacial score (nSPS) is 10.5. The minimum atomic E-state index is -0.996. The van der Waals surface area contributed by atoms with E-state index in [2.05, 4.69) is 25.6 Å². The first-order valence-corrected chi connectivity index (χ1v) is 7.24. The third kappa shape index (κ3) is 3.44. The smallest absolute Gasteiger partial charge is 0.340 e. The Labute approximate surface area is 141 Å². The molecule has 1 N–H and O–H groups in total. The van der Waals surface area contributed by atoms with E-state index < -0.39 is 17.6 Å². The Balaban J connectivity index is 1.84. The summed E-state index contributed by atoms with van der Waals surface area (Å²) in [6.07, 6.45) is 0. The molecule has 7 nitrogen and oxygen atoms in total. The molecule has 0 spiro atoms. The number of halogens is 2. The van der Waals surface area contributed by atoms with E-state index in [1.165, 1.54) is 4.68 Å². The van der Waals surface area contributed by atoms with Crippen molar-refractivity contribution in [2.45, 2.75) is 6.54 Å². The van der Waals surface area contributed by atoms with E-state index in [0.29, 0.717) is 11.9 Å². The zero-order valence-electron chi connectivity index (χ0n) is 13.1. The number of hydrogen-bond acceptors (Lipinski definition) is 6. The Hall–Kier alpha value is -3.36. The monoisotopic (exact) mass is 345 g/mol. The Morgan fingerprint density at radius 3 is 2.68 bits per heavy atom. The number of aromatic nitrogens is 4. The molecule has 0 saturated carbocycles. The highest BCUT2D eigenvalue weighted by molar-refractivity contribution is 5.90. The summed E-state index contributed by atoms with van der Waals surface area (Å²) in [7, 11) is 1.12. The van der Waals surface area contributed by atoms with Gasteiger partial charge in [-0.1, -0.05) is 18.2 Å². The number of hydrogen-bond donors (Lipinski definition) is 1. The second kappa shape index (κ2) is 7.04. The topological polar surface area (TPSA) is 81.9 Å². The summed E-state index contributed by atoms with van der Waals surface area (Å²) in [4.78, 5) is 11.5. The van der Waals surface area contributed by atoms with Gasteiger partial charge in [0.05, 0.1) is 30.6 Å². The summed E-state index contributed by atoms with van der Waals surface area (Å²) in [6.45, 7) is 0.0606. The number of anilines is 1. The second-order valence-electron chi connectivity index (χ2n) is 5.00. The molecule has 0 saturated heterocycles. The highest BCUT2D eigenvalue weighted by atomic mass is 19.1. The minimum absolute atomic E-state index is 0.0606. The molecule has 128 valence electrons. The second-order valence-corrected chi connectivity index (χ2v) is 5.00. The lowest BCUT2D eigenvalue weighted by Crippen LogP contribution is -2.11. The Kier molecular flexibility index (Phi) is 4.64. The van der Waals surface area contributed by atoms with Gasteiger partial charge in [0.2, 0.25) is 0 Å². The van der Waals surface area contributed by atoms with Crippen LogP contribution in [0.1, 0.15) is 16.2 Å². The van der Waals surface area contributed by atoms with Crippen LogP contribution in [0.4, 0.5) is 14.5 Å². The fraction of sp³-hybridized carbons (Fsp3) is 0.125. The highest BCUT2D eigenvalue weighted by Gasteiger charge is 2.17. The fourth-order valence-electron chi connectivity index (χ4n) is 2.21. The predicted molar refractivity (Wildman–Crippen MR) is 84.2 cm³/mol. The number of rotatable bonds is 5. The molecular formula is C16H13F2N5O2. The van der Waals surface area contributed by atoms with E-state index in [0.717, 1.165) is 18.9 Å². The largest absolute Gasteiger partial charge is 0.465 e. The van der Waals surface area contributed by atoms with Crippen molar-refractivity contribution in [1.29, 1.82) is 0 Å². The van der Waals surface area contributed by atoms with Crippen LogP contribution in [0.2, 0.25) is 0 Å². The van der Waals surface area contributed by atoms with Crippen LogP contribution in [0.3, 0.4) is 0 Å². The standard InChI is InChI=1S/C16H13F2N5O2/c1-25-16(24)11-7-14(13(18)8-12(11)17)19-9-15-20-21-22-23(15)10-5-3-2-4-6-10/h2-8,19H,9H2,1H3. The van der Waals surface area contributed by atoms with Crippen molar-refractivity contribution in [2.75, 3.05) is 12.4 Å². The number of esters is 1. The van der Waals surface area contributed by atoms with Gasteiger partial charge in [0, 0.05) is 6.07 Å². The zero-order chi connectivity index (χ0) is 17.8. The van der Waals surface area contributed by atoms with Gasteiger partial charge in [0.25, 0.3) is 0 Å². The quantitative estimate of drug-likeness (QED) is 0.715. The van der Waals surface area contributed by atoms with Crippen LogP contribution >= 0.6 is 0 Å². The molecule has 0 bridgehead atoms. The van der Waals surface area contributed by atoms with E-state index in [1.54, 1.807) is 0 Å². The average Bonchev–Trinajstić information content (AvgIpc) is 3.09. The lowest BCUT2D eigenvalue weighted by atomic mass is 10.1. The number of carbonyl (C=O) groups excluding carboxylic acids is 1. The Morgan fingerprint density at radius 2 is 1.96 bits per heavy atom. The van der Waals surface area contributed by atoms with Crippen LogP contribution in [0.25, 0.3) is 5.69 Å². The summed E-state index contributed by atoms with van der Waals surface area (Å²) in [6, 6.07) is 10.8. The van der Waals surface area contributed by atoms with Gasteiger partial charge >= 0.3 is 5.97 Å². The fourth-order valence-corrected chi connectivity index (χ4v) is 2.21. The van der Waals surface area contributed by atoms with Gasteiger partial charge < -0.3 is 10.1 Å². The molecule has 25 heavy (non-hydrogen) atoms. The summed E-state index contributed by atoms with van der Waals surface area (Å²) in [5, 5.41) is 14.1. The van der Waals surface area contributed by atoms with E-state index in [-0.39, 0.29) is 17.8 Å². The lowest BCUT2D eigenvalue weighted by Gasteiger charge is -2.10. The van der Waals surface area contributed by atoms with E-state index in [9.17, 15) is 13.6 Å². The molecule has 0 radical (unpaired) electrons. The maximum absolute atomic E-state index is 13.9. The van der Waals surface area contributed by atoms with Crippen molar-refractivity contribution in [1.82, 2.24) is 20.2 Å². The molecule has 1 aromatic heterocycles. The van der Waals surface area contributed by atoms with Gasteiger partial charge in [-0.05, 0) is 28.6 Å². The molecule has 0 amide bonds. The Bertz CT molecular complexity index is 899. The maximum atomic E-state index is 13.9. The summed E-state index contributed by atoms with van der Waals surface area (Å²) >= 11 is 0. The number of nitrogens with one attached hydrogen (secondary N) is 1. The summed E-state index contributed by atoms with van der Waals surface area (Å²) in [5.74, 6) is -2.32. The number of ether oxygens (including phenoxy) is 1. The third-order valence-corrected chi connectivity index (χ3v) is 3.43. The molecule has 0 aliphatic carbocycles. The number of para-hydroxylation sites is 1. The van der Waals surface area contributed by atoms with Crippen molar-refractivity contribution in [3.63, 3.8) is 0 Å². The van der Waals surface area contributed by atoms with Crippen LogP contribution in [-0.2, 0) is 11.3 Å². The van der Waals surface area contributed by atoms with E-state index in [4.69, 9.17) is 0 Å². The molecule has 3 aromatic rings. The van der Waals surface area contributed by atoms with Gasteiger partial charge in [-0.3, -0.25) is 0 Å². The number of carbonyl (C=O) groups is 1. The third-order valence-electron chi connectivity index (χ3n) is 3.43. The lowest BCUT2D eigenvalue weighted by molar-refractivity contribution is 0.0595. The van der Waals surface area contributed by atoms with Crippen LogP contribution in [-0.4, -0.2) is 33.3 Å². The minimum Gasteiger partial charge on any atom is -0.465 e. The number of nitrogens with zero attached hydrogens (tertiary/aromatic N) is 4. The molecule has 0 fully saturated rings. The first kappa shape index (κ1) is 16.5. The number of methoxy groups -OCH3 is 1. The van der Waals surface area contributed by atoms with Gasteiger partial charge in [-0.2, -0.15) is 4.68 Å². The SMILES string of the molecule is COC(=O)c1cc(NCc2nnnn2-c2ccccc2)c(F)cc1F. The average molecular weight is 345 g/mol. The first-order valence-electron chi connectivity index (χ1n) is 7.24. The van der Waals surface area contributed by atoms with Crippen LogP contribution in [0.15, 0.2) is 42.5 Å². The molecule has 0 aliphatic heterocycles. The van der Waals surface area contributed by atoms with Crippen molar-refractivity contribution in [2.24, 2.45) is 0 Å². The summed E-state index contributed by atoms with van der Waals surface area (Å²) in [5.41, 5.74) is 0.303. The highest BCUT2D eigenvalue weighted by Crippen LogP contribution is 2.21. The van der Waals surface area contributed by atoms with E-state index >= 15 is 0 Å². The predicted octanol–water partition coefficient (Wildman–Crippen LogP) is 2.34. The number of benzene rings is 2. The molecule has 9 heteroatoms. The summed E-state index contributed by atoms with van der Waals surface area (Å²) < 4.78 is 33.6. The van der Waals surface area contributed by atoms with Crippen molar-refractivity contribution >= 4 is 11.7 Å². The van der Waals surface area contributed by atoms with Gasteiger partial charge in [-0.25, -0.2) is 13.6 Å². The molecule has 3 rings (SSSR count). The van der Waals surface area contributed by atoms with Gasteiger partial charge in [-0.15, -0.1) is 5.10 Å². The molecule has 0 aliphatic rings. The molecular weight excluding hydrogens is 332 g/mol. The molecule has 2 aromatic carbocycles. The van der Waals surface area contributed by atoms with Gasteiger partial charge in [0.1, 0.15) is 11.6 Å². The Morgan fingerprint density at radius 1 is 1.20 bits per heavy atom. The van der Waals surface area contributed by atoms with Crippen molar-refractivity contribution < 1.29 is 18.3 Å². The van der Waals surface area contributed by atoms with Gasteiger partial charge in [0.15, 0.2) is 5.82 Å². The van der Waals surface area contributed by atoms with Crippen molar-refractivity contribution in [3.05, 3.63) is 65.5 Å². The maximum Gasteiger partial charge on any atom is 0.340 e. The van der Waals surface area contributed by atoms with E-state index in [1.807, 2.05) is 30.3 Å². The van der Waals surface area contributed by atoms with Crippen LogP contribution in [0, 0.1) is 11.6 Å².